The topological polar surface area (TPSA) is 105 Å². The van der Waals surface area contributed by atoms with E-state index < -0.39 is 24.5 Å². The normalized spacial score (nSPS) is 29.1. The van der Waals surface area contributed by atoms with Crippen LogP contribution in [0.2, 0.25) is 0 Å². The smallest absolute Gasteiger partial charge is 0.167 e. The molecule has 1 saturated heterocycles. The van der Waals surface area contributed by atoms with Crippen molar-refractivity contribution < 1.29 is 14.9 Å². The summed E-state index contributed by atoms with van der Waals surface area (Å²) in [6.07, 6.45) is 1.82. The summed E-state index contributed by atoms with van der Waals surface area (Å²) in [5.41, 5.74) is 1.15. The number of aliphatic hydroxyl groups excluding tert-OH is 2. The fourth-order valence-corrected chi connectivity index (χ4v) is 3.09. The number of hydrogen-bond donors (Lipinski definition) is 3. The SMILES string of the molecule is CNc1ncnc2c1ncn2[C@@H]1O[C@H](CSC)[C@@H](O)[C@H]1O. The Morgan fingerprint density at radius 2 is 2.14 bits per heavy atom. The number of imidazole rings is 1. The zero-order valence-electron chi connectivity index (χ0n) is 11.7. The summed E-state index contributed by atoms with van der Waals surface area (Å²) in [5.74, 6) is 1.21. The van der Waals surface area contributed by atoms with E-state index in [1.807, 2.05) is 6.26 Å². The molecule has 3 heterocycles. The van der Waals surface area contributed by atoms with Crippen LogP contribution in [0.25, 0.3) is 11.2 Å². The molecule has 21 heavy (non-hydrogen) atoms. The van der Waals surface area contributed by atoms with Gasteiger partial charge in [0.05, 0.1) is 12.4 Å². The fraction of sp³-hybridized carbons (Fsp3) is 0.583. The summed E-state index contributed by atoms with van der Waals surface area (Å²) in [6.45, 7) is 0. The van der Waals surface area contributed by atoms with Crippen LogP contribution in [0.1, 0.15) is 6.23 Å². The highest BCUT2D eigenvalue weighted by molar-refractivity contribution is 7.98. The number of ether oxygens (including phenoxy) is 1. The third-order valence-corrected chi connectivity index (χ3v) is 4.20. The third kappa shape index (κ3) is 2.35. The van der Waals surface area contributed by atoms with Gasteiger partial charge in [0.15, 0.2) is 17.7 Å². The maximum Gasteiger partial charge on any atom is 0.167 e. The maximum absolute atomic E-state index is 10.2. The first kappa shape index (κ1) is 14.5. The van der Waals surface area contributed by atoms with E-state index in [-0.39, 0.29) is 0 Å². The molecule has 0 radical (unpaired) electrons. The van der Waals surface area contributed by atoms with E-state index in [0.717, 1.165) is 0 Å². The Morgan fingerprint density at radius 3 is 2.86 bits per heavy atom. The lowest BCUT2D eigenvalue weighted by Gasteiger charge is -2.16. The number of aromatic nitrogens is 4. The summed E-state index contributed by atoms with van der Waals surface area (Å²) >= 11 is 1.56. The van der Waals surface area contributed by atoms with Crippen LogP contribution in [-0.4, -0.2) is 67.1 Å². The molecular formula is C12H17N5O3S. The molecule has 0 aromatic carbocycles. The molecule has 1 fully saturated rings. The van der Waals surface area contributed by atoms with Crippen molar-refractivity contribution in [3.05, 3.63) is 12.7 Å². The quantitative estimate of drug-likeness (QED) is 0.716. The van der Waals surface area contributed by atoms with Gasteiger partial charge in [0, 0.05) is 12.8 Å². The van der Waals surface area contributed by atoms with E-state index in [2.05, 4.69) is 20.3 Å². The minimum absolute atomic E-state index is 0.414. The molecule has 3 N–H and O–H groups in total. The number of fused-ring (bicyclic) bond motifs is 1. The number of hydrogen-bond acceptors (Lipinski definition) is 8. The number of nitrogens with one attached hydrogen (secondary N) is 1. The first-order chi connectivity index (χ1) is 10.2. The van der Waals surface area contributed by atoms with Crippen LogP contribution in [0.5, 0.6) is 0 Å². The molecule has 0 bridgehead atoms. The number of anilines is 1. The summed E-state index contributed by atoms with van der Waals surface area (Å²) in [6, 6.07) is 0. The minimum atomic E-state index is -1.02. The Labute approximate surface area is 125 Å². The van der Waals surface area contributed by atoms with Crippen molar-refractivity contribution in [1.82, 2.24) is 19.5 Å². The third-order valence-electron chi connectivity index (χ3n) is 3.54. The van der Waals surface area contributed by atoms with Crippen LogP contribution in [0.4, 0.5) is 5.82 Å². The Hall–Kier alpha value is -1.42. The molecule has 1 aliphatic rings. The van der Waals surface area contributed by atoms with E-state index in [4.69, 9.17) is 4.74 Å². The largest absolute Gasteiger partial charge is 0.387 e. The van der Waals surface area contributed by atoms with Crippen LogP contribution in [0.3, 0.4) is 0 Å². The standard InChI is InChI=1S/C12H17N5O3S/c1-13-10-7-11(15-4-14-10)17(5-16-7)12-9(19)8(18)6(20-12)3-21-2/h4-6,8-9,12,18-19H,3H2,1-2H3,(H,13,14,15)/t6-,8-,9-,12-/m1/s1. The van der Waals surface area contributed by atoms with E-state index in [1.54, 1.807) is 29.7 Å². The van der Waals surface area contributed by atoms with Crippen molar-refractivity contribution in [3.8, 4) is 0 Å². The van der Waals surface area contributed by atoms with Crippen LogP contribution in [0.15, 0.2) is 12.7 Å². The van der Waals surface area contributed by atoms with Gasteiger partial charge >= 0.3 is 0 Å². The maximum atomic E-state index is 10.2. The van der Waals surface area contributed by atoms with Gasteiger partial charge in [-0.05, 0) is 6.26 Å². The summed E-state index contributed by atoms with van der Waals surface area (Å²) < 4.78 is 7.40. The molecule has 0 saturated carbocycles. The van der Waals surface area contributed by atoms with Gasteiger partial charge in [0.2, 0.25) is 0 Å². The second-order valence-electron chi connectivity index (χ2n) is 4.80. The summed E-state index contributed by atoms with van der Waals surface area (Å²) in [5, 5.41) is 23.2. The van der Waals surface area contributed by atoms with Gasteiger partial charge in [-0.1, -0.05) is 0 Å². The predicted molar refractivity (Wildman–Crippen MR) is 79.2 cm³/mol. The number of aliphatic hydroxyl groups is 2. The molecule has 3 rings (SSSR count). The van der Waals surface area contributed by atoms with E-state index in [9.17, 15) is 10.2 Å². The molecule has 2 aromatic rings. The van der Waals surface area contributed by atoms with Crippen molar-refractivity contribution in [2.45, 2.75) is 24.5 Å². The van der Waals surface area contributed by atoms with E-state index in [1.165, 1.54) is 6.33 Å². The van der Waals surface area contributed by atoms with Gasteiger partial charge in [0.25, 0.3) is 0 Å². The molecule has 8 nitrogen and oxygen atoms in total. The molecule has 0 aliphatic carbocycles. The number of rotatable bonds is 4. The van der Waals surface area contributed by atoms with Gasteiger partial charge in [-0.25, -0.2) is 15.0 Å². The average molecular weight is 311 g/mol. The lowest BCUT2D eigenvalue weighted by atomic mass is 10.1. The summed E-state index contributed by atoms with van der Waals surface area (Å²) in [7, 11) is 1.75. The molecular weight excluding hydrogens is 294 g/mol. The predicted octanol–water partition coefficient (Wildman–Crippen LogP) is -0.150. The Bertz CT molecular complexity index is 636. The highest BCUT2D eigenvalue weighted by atomic mass is 32.2. The monoisotopic (exact) mass is 311 g/mol. The molecule has 114 valence electrons. The van der Waals surface area contributed by atoms with Crippen LogP contribution in [-0.2, 0) is 4.74 Å². The highest BCUT2D eigenvalue weighted by Gasteiger charge is 2.43. The van der Waals surface area contributed by atoms with Crippen LogP contribution >= 0.6 is 11.8 Å². The lowest BCUT2D eigenvalue weighted by molar-refractivity contribution is -0.0288. The second kappa shape index (κ2) is 5.76. The molecule has 0 amide bonds. The van der Waals surface area contributed by atoms with Crippen molar-refractivity contribution >= 4 is 28.7 Å². The first-order valence-corrected chi connectivity index (χ1v) is 7.92. The molecule has 4 atom stereocenters. The Morgan fingerprint density at radius 1 is 1.33 bits per heavy atom. The molecule has 0 unspecified atom stereocenters. The van der Waals surface area contributed by atoms with Gasteiger partial charge < -0.3 is 20.3 Å². The Balaban J connectivity index is 1.98. The molecule has 2 aromatic heterocycles. The van der Waals surface area contributed by atoms with Crippen molar-refractivity contribution in [2.75, 3.05) is 24.4 Å². The van der Waals surface area contributed by atoms with Crippen LogP contribution < -0.4 is 5.32 Å². The Kier molecular flexibility index (Phi) is 3.98. The molecule has 0 spiro atoms. The average Bonchev–Trinajstić information content (AvgIpc) is 3.04. The van der Waals surface area contributed by atoms with Gasteiger partial charge in [-0.2, -0.15) is 11.8 Å². The minimum Gasteiger partial charge on any atom is -0.387 e. The van der Waals surface area contributed by atoms with Gasteiger partial charge in [-0.15, -0.1) is 0 Å². The fourth-order valence-electron chi connectivity index (χ4n) is 2.48. The molecule has 9 heteroatoms. The number of nitrogens with zero attached hydrogens (tertiary/aromatic N) is 4. The number of thioether (sulfide) groups is 1. The molecule has 1 aliphatic heterocycles. The lowest BCUT2D eigenvalue weighted by Crippen LogP contribution is -2.32. The first-order valence-electron chi connectivity index (χ1n) is 6.53. The van der Waals surface area contributed by atoms with Crippen molar-refractivity contribution in [1.29, 1.82) is 0 Å². The van der Waals surface area contributed by atoms with Gasteiger partial charge in [0.1, 0.15) is 24.1 Å². The zero-order chi connectivity index (χ0) is 15.0. The van der Waals surface area contributed by atoms with E-state index in [0.29, 0.717) is 22.7 Å². The van der Waals surface area contributed by atoms with Crippen molar-refractivity contribution in [3.63, 3.8) is 0 Å². The van der Waals surface area contributed by atoms with Crippen molar-refractivity contribution in [2.24, 2.45) is 0 Å². The summed E-state index contributed by atoms with van der Waals surface area (Å²) in [4.78, 5) is 12.5. The van der Waals surface area contributed by atoms with Crippen LogP contribution in [0, 0.1) is 0 Å². The second-order valence-corrected chi connectivity index (χ2v) is 5.71. The highest BCUT2D eigenvalue weighted by Crippen LogP contribution is 2.33. The zero-order valence-corrected chi connectivity index (χ0v) is 12.5. The van der Waals surface area contributed by atoms with E-state index >= 15 is 0 Å². The van der Waals surface area contributed by atoms with Gasteiger partial charge in [-0.3, -0.25) is 4.57 Å².